The van der Waals surface area contributed by atoms with Crippen molar-refractivity contribution in [3.05, 3.63) is 29.8 Å². The number of methoxy groups -OCH3 is 1. The van der Waals surface area contributed by atoms with Crippen LogP contribution in [0, 0.1) is 0 Å². The van der Waals surface area contributed by atoms with Crippen LogP contribution in [-0.2, 0) is 16.0 Å². The Morgan fingerprint density at radius 2 is 2.00 bits per heavy atom. The highest BCUT2D eigenvalue weighted by Gasteiger charge is 2.25. The molecule has 1 aromatic carbocycles. The Balaban J connectivity index is 1.78. The molecule has 0 heterocycles. The van der Waals surface area contributed by atoms with Gasteiger partial charge in [-0.1, -0.05) is 25.0 Å². The van der Waals surface area contributed by atoms with E-state index < -0.39 is 0 Å². The van der Waals surface area contributed by atoms with Crippen LogP contribution in [0.2, 0.25) is 0 Å². The van der Waals surface area contributed by atoms with E-state index in [9.17, 15) is 9.90 Å². The van der Waals surface area contributed by atoms with Gasteiger partial charge in [-0.25, -0.2) is 0 Å². The number of ether oxygens (including phenoxy) is 1. The molecular formula is C16H23NO3. The molecule has 110 valence electrons. The highest BCUT2D eigenvalue weighted by atomic mass is 16.5. The lowest BCUT2D eigenvalue weighted by molar-refractivity contribution is -0.123. The molecule has 1 aliphatic carbocycles. The van der Waals surface area contributed by atoms with Crippen molar-refractivity contribution >= 4 is 5.91 Å². The summed E-state index contributed by atoms with van der Waals surface area (Å²) >= 11 is 0. The van der Waals surface area contributed by atoms with E-state index >= 15 is 0 Å². The van der Waals surface area contributed by atoms with Gasteiger partial charge in [-0.2, -0.15) is 0 Å². The molecule has 0 spiro atoms. The predicted octanol–water partition coefficient (Wildman–Crippen LogP) is 2.40. The number of phenolic OH excluding ortho intramolecular Hbond substituents is 1. The normalized spacial score (nSPS) is 22.4. The molecule has 0 aromatic heterocycles. The average molecular weight is 277 g/mol. The molecule has 1 amide bonds. The lowest BCUT2D eigenvalue weighted by Crippen LogP contribution is -2.46. The quantitative estimate of drug-likeness (QED) is 0.869. The summed E-state index contributed by atoms with van der Waals surface area (Å²) in [6.45, 7) is 0. The van der Waals surface area contributed by atoms with Crippen molar-refractivity contribution in [3.8, 4) is 5.75 Å². The fraction of sp³-hybridized carbons (Fsp3) is 0.562. The summed E-state index contributed by atoms with van der Waals surface area (Å²) in [5.41, 5.74) is 1.06. The molecule has 0 bridgehead atoms. The molecular weight excluding hydrogens is 254 g/mol. The number of phenols is 1. The second-order valence-electron chi connectivity index (χ2n) is 5.40. The Morgan fingerprint density at radius 1 is 1.30 bits per heavy atom. The summed E-state index contributed by atoms with van der Waals surface area (Å²) in [6.07, 6.45) is 5.68. The third-order valence-corrected chi connectivity index (χ3v) is 3.93. The molecule has 1 aromatic rings. The molecule has 2 N–H and O–H groups in total. The smallest absolute Gasteiger partial charge is 0.220 e. The molecule has 1 aliphatic rings. The van der Waals surface area contributed by atoms with Crippen LogP contribution in [0.15, 0.2) is 24.3 Å². The third-order valence-electron chi connectivity index (χ3n) is 3.93. The summed E-state index contributed by atoms with van der Waals surface area (Å²) < 4.78 is 5.44. The number of aromatic hydroxyl groups is 1. The number of nitrogens with one attached hydrogen (secondary N) is 1. The Morgan fingerprint density at radius 3 is 2.70 bits per heavy atom. The first-order chi connectivity index (χ1) is 9.69. The van der Waals surface area contributed by atoms with Crippen LogP contribution in [0.4, 0.5) is 0 Å². The van der Waals surface area contributed by atoms with E-state index in [1.807, 2.05) is 12.1 Å². The molecule has 20 heavy (non-hydrogen) atoms. The number of carbonyl (C=O) groups is 1. The molecule has 4 nitrogen and oxygen atoms in total. The number of benzene rings is 1. The van der Waals surface area contributed by atoms with Crippen LogP contribution >= 0.6 is 0 Å². The fourth-order valence-corrected chi connectivity index (χ4v) is 2.74. The van der Waals surface area contributed by atoms with Gasteiger partial charge in [0, 0.05) is 13.5 Å². The van der Waals surface area contributed by atoms with Crippen molar-refractivity contribution < 1.29 is 14.6 Å². The monoisotopic (exact) mass is 277 g/mol. The topological polar surface area (TPSA) is 58.6 Å². The maximum absolute atomic E-state index is 12.0. The maximum atomic E-state index is 12.0. The van der Waals surface area contributed by atoms with Gasteiger partial charge in [0.1, 0.15) is 5.75 Å². The first kappa shape index (κ1) is 14.9. The van der Waals surface area contributed by atoms with Crippen molar-refractivity contribution in [2.45, 2.75) is 50.7 Å². The van der Waals surface area contributed by atoms with Crippen molar-refractivity contribution in [1.82, 2.24) is 5.32 Å². The lowest BCUT2D eigenvalue weighted by atomic mass is 9.92. The zero-order valence-electron chi connectivity index (χ0n) is 12.0. The van der Waals surface area contributed by atoms with Crippen LogP contribution in [0.1, 0.15) is 37.7 Å². The van der Waals surface area contributed by atoms with Gasteiger partial charge < -0.3 is 15.2 Å². The van der Waals surface area contributed by atoms with Crippen molar-refractivity contribution in [2.75, 3.05) is 7.11 Å². The summed E-state index contributed by atoms with van der Waals surface area (Å²) in [7, 11) is 1.71. The molecule has 1 fully saturated rings. The van der Waals surface area contributed by atoms with Gasteiger partial charge in [0.2, 0.25) is 5.91 Å². The summed E-state index contributed by atoms with van der Waals surface area (Å²) in [6, 6.07) is 7.15. The van der Waals surface area contributed by atoms with E-state index in [4.69, 9.17) is 4.74 Å². The molecule has 0 aliphatic heterocycles. The predicted molar refractivity (Wildman–Crippen MR) is 77.6 cm³/mol. The van der Waals surface area contributed by atoms with Gasteiger partial charge in [0.25, 0.3) is 0 Å². The standard InChI is InChI=1S/C16H23NO3/c1-20-15-5-3-2-4-14(15)17-16(19)11-8-12-6-9-13(18)10-7-12/h6-7,9-10,14-15,18H,2-5,8,11H2,1H3,(H,17,19)/t14-,15-/m1/s1. The zero-order valence-corrected chi connectivity index (χ0v) is 12.0. The van der Waals surface area contributed by atoms with Gasteiger partial charge >= 0.3 is 0 Å². The number of hydrogen-bond acceptors (Lipinski definition) is 3. The number of hydrogen-bond donors (Lipinski definition) is 2. The van der Waals surface area contributed by atoms with Crippen LogP contribution in [0.3, 0.4) is 0 Å². The minimum atomic E-state index is 0.0759. The molecule has 2 rings (SSSR count). The molecule has 4 heteroatoms. The van der Waals surface area contributed by atoms with Crippen LogP contribution in [-0.4, -0.2) is 30.3 Å². The first-order valence-corrected chi connectivity index (χ1v) is 7.29. The summed E-state index contributed by atoms with van der Waals surface area (Å²) in [4.78, 5) is 12.0. The van der Waals surface area contributed by atoms with Crippen LogP contribution < -0.4 is 5.32 Å². The minimum Gasteiger partial charge on any atom is -0.508 e. The second kappa shape index (κ2) is 7.29. The Hall–Kier alpha value is -1.55. The molecule has 1 saturated carbocycles. The summed E-state index contributed by atoms with van der Waals surface area (Å²) in [5.74, 6) is 0.329. The fourth-order valence-electron chi connectivity index (χ4n) is 2.74. The Kier molecular flexibility index (Phi) is 5.41. The van der Waals surface area contributed by atoms with E-state index in [0.717, 1.165) is 24.8 Å². The maximum Gasteiger partial charge on any atom is 0.220 e. The zero-order chi connectivity index (χ0) is 14.4. The van der Waals surface area contributed by atoms with Gasteiger partial charge in [0.15, 0.2) is 0 Å². The lowest BCUT2D eigenvalue weighted by Gasteiger charge is -2.31. The Bertz CT molecular complexity index is 430. The number of rotatable bonds is 5. The minimum absolute atomic E-state index is 0.0759. The van der Waals surface area contributed by atoms with E-state index in [0.29, 0.717) is 12.8 Å². The second-order valence-corrected chi connectivity index (χ2v) is 5.40. The van der Waals surface area contributed by atoms with E-state index in [-0.39, 0.29) is 23.8 Å². The summed E-state index contributed by atoms with van der Waals surface area (Å²) in [5, 5.41) is 12.3. The SMILES string of the molecule is CO[C@@H]1CCCC[C@H]1NC(=O)CCc1ccc(O)cc1. The average Bonchev–Trinajstić information content (AvgIpc) is 2.47. The van der Waals surface area contributed by atoms with E-state index in [1.165, 1.54) is 6.42 Å². The van der Waals surface area contributed by atoms with Gasteiger partial charge in [-0.05, 0) is 37.0 Å². The number of aryl methyl sites for hydroxylation is 1. The van der Waals surface area contributed by atoms with E-state index in [1.54, 1.807) is 19.2 Å². The van der Waals surface area contributed by atoms with Crippen molar-refractivity contribution in [2.24, 2.45) is 0 Å². The van der Waals surface area contributed by atoms with Gasteiger partial charge in [-0.3, -0.25) is 4.79 Å². The number of carbonyl (C=O) groups excluding carboxylic acids is 1. The van der Waals surface area contributed by atoms with Crippen LogP contribution in [0.25, 0.3) is 0 Å². The third kappa shape index (κ3) is 4.23. The van der Waals surface area contributed by atoms with Crippen molar-refractivity contribution in [3.63, 3.8) is 0 Å². The highest BCUT2D eigenvalue weighted by Crippen LogP contribution is 2.21. The van der Waals surface area contributed by atoms with Gasteiger partial charge in [0.05, 0.1) is 12.1 Å². The van der Waals surface area contributed by atoms with Gasteiger partial charge in [-0.15, -0.1) is 0 Å². The first-order valence-electron chi connectivity index (χ1n) is 7.29. The Labute approximate surface area is 120 Å². The van der Waals surface area contributed by atoms with Crippen molar-refractivity contribution in [1.29, 1.82) is 0 Å². The highest BCUT2D eigenvalue weighted by molar-refractivity contribution is 5.76. The molecule has 0 saturated heterocycles. The molecule has 2 atom stereocenters. The molecule has 0 radical (unpaired) electrons. The molecule has 0 unspecified atom stereocenters. The van der Waals surface area contributed by atoms with Crippen LogP contribution in [0.5, 0.6) is 5.75 Å². The van der Waals surface area contributed by atoms with E-state index in [2.05, 4.69) is 5.32 Å². The number of amides is 1. The largest absolute Gasteiger partial charge is 0.508 e.